The highest BCUT2D eigenvalue weighted by Gasteiger charge is 2.21. The van der Waals surface area contributed by atoms with Crippen LogP contribution in [0.2, 0.25) is 0 Å². The van der Waals surface area contributed by atoms with Gasteiger partial charge in [-0.15, -0.1) is 11.3 Å². The summed E-state index contributed by atoms with van der Waals surface area (Å²) in [6, 6.07) is 15.0. The molecule has 0 atom stereocenters. The number of carbonyl (C=O) groups excluding carboxylic acids is 1. The topological polar surface area (TPSA) is 63.2 Å². The lowest BCUT2D eigenvalue weighted by atomic mass is 10.2. The number of amides is 1. The Labute approximate surface area is 148 Å². The van der Waals surface area contributed by atoms with Crippen molar-refractivity contribution in [3.05, 3.63) is 76.9 Å². The second kappa shape index (κ2) is 6.78. The van der Waals surface area contributed by atoms with Crippen LogP contribution < -0.4 is 5.32 Å². The van der Waals surface area contributed by atoms with Gasteiger partial charge in [0.2, 0.25) is 9.84 Å². The maximum atomic E-state index is 13.1. The lowest BCUT2D eigenvalue weighted by Gasteiger charge is -2.07. The predicted octanol–water partition coefficient (Wildman–Crippen LogP) is 4.28. The fraction of sp³-hybridized carbons (Fsp3) is 0.0556. The summed E-state index contributed by atoms with van der Waals surface area (Å²) < 4.78 is 38.3. The lowest BCUT2D eigenvalue weighted by Crippen LogP contribution is -2.11. The van der Waals surface area contributed by atoms with Crippen LogP contribution in [0, 0.1) is 12.7 Å². The van der Waals surface area contributed by atoms with E-state index < -0.39 is 15.7 Å². The van der Waals surface area contributed by atoms with Crippen LogP contribution in [-0.4, -0.2) is 14.3 Å². The van der Waals surface area contributed by atoms with Crippen molar-refractivity contribution in [2.24, 2.45) is 0 Å². The average Bonchev–Trinajstić information content (AvgIpc) is 3.09. The molecule has 0 radical (unpaired) electrons. The lowest BCUT2D eigenvalue weighted by molar-refractivity contribution is 0.103. The number of sulfone groups is 1. The largest absolute Gasteiger partial charge is 0.321 e. The smallest absolute Gasteiger partial charge is 0.265 e. The van der Waals surface area contributed by atoms with Crippen LogP contribution in [-0.2, 0) is 9.84 Å². The van der Waals surface area contributed by atoms with Gasteiger partial charge in [0.15, 0.2) is 0 Å². The highest BCUT2D eigenvalue weighted by molar-refractivity contribution is 7.93. The number of hydrogen-bond acceptors (Lipinski definition) is 4. The quantitative estimate of drug-likeness (QED) is 0.740. The van der Waals surface area contributed by atoms with Crippen LogP contribution in [0.1, 0.15) is 15.2 Å². The number of anilines is 1. The number of hydrogen-bond donors (Lipinski definition) is 1. The molecule has 0 aliphatic carbocycles. The molecule has 0 aliphatic heterocycles. The molecule has 1 heterocycles. The summed E-state index contributed by atoms with van der Waals surface area (Å²) in [5.41, 5.74) is 1.06. The van der Waals surface area contributed by atoms with Gasteiger partial charge in [0, 0.05) is 5.69 Å². The van der Waals surface area contributed by atoms with Crippen molar-refractivity contribution in [2.75, 3.05) is 5.32 Å². The molecule has 0 spiro atoms. The first kappa shape index (κ1) is 17.3. The summed E-state index contributed by atoms with van der Waals surface area (Å²) in [6.07, 6.45) is 0. The van der Waals surface area contributed by atoms with Gasteiger partial charge in [-0.1, -0.05) is 18.2 Å². The highest BCUT2D eigenvalue weighted by atomic mass is 32.2. The molecule has 128 valence electrons. The molecule has 0 saturated carbocycles. The van der Waals surface area contributed by atoms with Crippen molar-refractivity contribution in [3.8, 4) is 0 Å². The Hall–Kier alpha value is -2.51. The second-order valence-electron chi connectivity index (χ2n) is 5.35. The molecule has 0 saturated heterocycles. The number of thiophene rings is 1. The third-order valence-electron chi connectivity index (χ3n) is 3.56. The third-order valence-corrected chi connectivity index (χ3v) is 6.91. The first-order valence-electron chi connectivity index (χ1n) is 7.35. The van der Waals surface area contributed by atoms with E-state index in [0.29, 0.717) is 11.3 Å². The maximum Gasteiger partial charge on any atom is 0.265 e. The third kappa shape index (κ3) is 3.62. The number of rotatable bonds is 4. The van der Waals surface area contributed by atoms with E-state index in [2.05, 4.69) is 5.32 Å². The maximum absolute atomic E-state index is 13.1. The van der Waals surface area contributed by atoms with E-state index in [0.717, 1.165) is 11.3 Å². The first-order chi connectivity index (χ1) is 11.9. The Morgan fingerprint density at radius 2 is 1.76 bits per heavy atom. The Balaban J connectivity index is 1.85. The van der Waals surface area contributed by atoms with Crippen molar-refractivity contribution in [1.29, 1.82) is 0 Å². The van der Waals surface area contributed by atoms with Gasteiger partial charge in [-0.2, -0.15) is 0 Å². The molecule has 0 bridgehead atoms. The molecule has 0 aliphatic rings. The Morgan fingerprint density at radius 3 is 2.44 bits per heavy atom. The van der Waals surface area contributed by atoms with Crippen LogP contribution >= 0.6 is 11.3 Å². The second-order valence-corrected chi connectivity index (χ2v) is 8.61. The van der Waals surface area contributed by atoms with Gasteiger partial charge in [0.1, 0.15) is 10.0 Å². The first-order valence-corrected chi connectivity index (χ1v) is 9.65. The molecule has 25 heavy (non-hydrogen) atoms. The van der Waals surface area contributed by atoms with Gasteiger partial charge in [-0.3, -0.25) is 4.79 Å². The van der Waals surface area contributed by atoms with E-state index in [4.69, 9.17) is 0 Å². The molecule has 1 amide bonds. The zero-order valence-electron chi connectivity index (χ0n) is 13.2. The minimum Gasteiger partial charge on any atom is -0.321 e. The molecular weight excluding hydrogens is 361 g/mol. The molecule has 3 rings (SSSR count). The minimum absolute atomic E-state index is 0.0969. The van der Waals surface area contributed by atoms with Gasteiger partial charge in [-0.25, -0.2) is 12.8 Å². The van der Waals surface area contributed by atoms with Crippen LogP contribution in [0.15, 0.2) is 69.8 Å². The fourth-order valence-corrected chi connectivity index (χ4v) is 4.88. The highest BCUT2D eigenvalue weighted by Crippen LogP contribution is 2.28. The van der Waals surface area contributed by atoms with E-state index in [9.17, 15) is 17.6 Å². The number of halogens is 1. The number of benzene rings is 2. The number of carbonyl (C=O) groups is 1. The summed E-state index contributed by atoms with van der Waals surface area (Å²) in [5, 5.41) is 2.67. The van der Waals surface area contributed by atoms with Gasteiger partial charge in [0.25, 0.3) is 5.91 Å². The Kier molecular flexibility index (Phi) is 4.69. The van der Waals surface area contributed by atoms with E-state index in [1.807, 2.05) is 0 Å². The van der Waals surface area contributed by atoms with Gasteiger partial charge < -0.3 is 5.32 Å². The zero-order chi connectivity index (χ0) is 18.0. The summed E-state index contributed by atoms with van der Waals surface area (Å²) in [4.78, 5) is 12.8. The summed E-state index contributed by atoms with van der Waals surface area (Å²) in [5.74, 6) is -0.822. The standard InChI is InChI=1S/C18H14FNO3S2/c1-12-11-13(19)7-8-15(12)20-18(21)16-9-10-17(24-16)25(22,23)14-5-3-2-4-6-14/h2-11H,1H3,(H,20,21). The summed E-state index contributed by atoms with van der Waals surface area (Å²) in [7, 11) is -3.65. The molecule has 0 fully saturated rings. The molecule has 1 N–H and O–H groups in total. The fourth-order valence-electron chi connectivity index (χ4n) is 2.25. The van der Waals surface area contributed by atoms with Gasteiger partial charge in [-0.05, 0) is 55.0 Å². The number of aryl methyl sites for hydroxylation is 1. The minimum atomic E-state index is -3.65. The normalized spacial score (nSPS) is 11.3. The molecule has 7 heteroatoms. The molecule has 0 unspecified atom stereocenters. The van der Waals surface area contributed by atoms with E-state index >= 15 is 0 Å². The monoisotopic (exact) mass is 375 g/mol. The van der Waals surface area contributed by atoms with Gasteiger partial charge in [0.05, 0.1) is 9.77 Å². The van der Waals surface area contributed by atoms with Crippen molar-refractivity contribution in [1.82, 2.24) is 0 Å². The van der Waals surface area contributed by atoms with Gasteiger partial charge >= 0.3 is 0 Å². The van der Waals surface area contributed by atoms with E-state index in [1.54, 1.807) is 25.1 Å². The van der Waals surface area contributed by atoms with Crippen LogP contribution in [0.25, 0.3) is 0 Å². The predicted molar refractivity (Wildman–Crippen MR) is 95.3 cm³/mol. The SMILES string of the molecule is Cc1cc(F)ccc1NC(=O)c1ccc(S(=O)(=O)c2ccccc2)s1. The molecule has 3 aromatic rings. The summed E-state index contributed by atoms with van der Waals surface area (Å²) >= 11 is 0.897. The molecule has 2 aromatic carbocycles. The van der Waals surface area contributed by atoms with Crippen molar-refractivity contribution >= 4 is 32.8 Å². The average molecular weight is 375 g/mol. The molecular formula is C18H14FNO3S2. The van der Waals surface area contributed by atoms with Crippen molar-refractivity contribution < 1.29 is 17.6 Å². The van der Waals surface area contributed by atoms with Crippen LogP contribution in [0.3, 0.4) is 0 Å². The van der Waals surface area contributed by atoms with E-state index in [-0.39, 0.29) is 19.8 Å². The molecule has 4 nitrogen and oxygen atoms in total. The Bertz CT molecular complexity index is 1030. The molecule has 1 aromatic heterocycles. The summed E-state index contributed by atoms with van der Waals surface area (Å²) in [6.45, 7) is 1.68. The number of nitrogens with one attached hydrogen (secondary N) is 1. The van der Waals surface area contributed by atoms with E-state index in [1.165, 1.54) is 42.5 Å². The van der Waals surface area contributed by atoms with Crippen LogP contribution in [0.5, 0.6) is 0 Å². The van der Waals surface area contributed by atoms with Crippen molar-refractivity contribution in [2.45, 2.75) is 16.0 Å². The zero-order valence-corrected chi connectivity index (χ0v) is 14.8. The van der Waals surface area contributed by atoms with Crippen LogP contribution in [0.4, 0.5) is 10.1 Å². The van der Waals surface area contributed by atoms with Crippen molar-refractivity contribution in [3.63, 3.8) is 0 Å². The Morgan fingerprint density at radius 1 is 1.04 bits per heavy atom.